The van der Waals surface area contributed by atoms with E-state index in [1.165, 1.54) is 36.8 Å². The molecule has 1 aromatic rings. The summed E-state index contributed by atoms with van der Waals surface area (Å²) in [4.78, 5) is 0. The molecule has 2 unspecified atom stereocenters. The quantitative estimate of drug-likeness (QED) is 0.831. The van der Waals surface area contributed by atoms with E-state index in [9.17, 15) is 0 Å². The maximum absolute atomic E-state index is 3.62. The first-order valence-electron chi connectivity index (χ1n) is 7.01. The summed E-state index contributed by atoms with van der Waals surface area (Å²) in [5.74, 6) is 0.772. The fraction of sp³-hybridized carbons (Fsp3) is 0.625. The van der Waals surface area contributed by atoms with Crippen LogP contribution >= 0.6 is 0 Å². The van der Waals surface area contributed by atoms with E-state index in [-0.39, 0.29) is 0 Å². The van der Waals surface area contributed by atoms with Gasteiger partial charge in [0.15, 0.2) is 0 Å². The summed E-state index contributed by atoms with van der Waals surface area (Å²) in [7, 11) is 0. The Hall–Kier alpha value is -0.820. The molecule has 0 saturated heterocycles. The summed E-state index contributed by atoms with van der Waals surface area (Å²) in [6.07, 6.45) is 5.41. The first-order valence-corrected chi connectivity index (χ1v) is 7.01. The molecular weight excluding hydrogens is 206 g/mol. The number of nitrogens with one attached hydrogen (secondary N) is 1. The van der Waals surface area contributed by atoms with Gasteiger partial charge in [-0.25, -0.2) is 0 Å². The smallest absolute Gasteiger partial charge is 0.00727 e. The third-order valence-corrected chi connectivity index (χ3v) is 4.03. The molecule has 1 aliphatic rings. The van der Waals surface area contributed by atoms with Crippen molar-refractivity contribution in [1.82, 2.24) is 5.32 Å². The molecular formula is C16H25N. The Bertz CT molecular complexity index is 368. The van der Waals surface area contributed by atoms with Crippen LogP contribution < -0.4 is 5.32 Å². The summed E-state index contributed by atoms with van der Waals surface area (Å²) in [5.41, 5.74) is 4.44. The highest BCUT2D eigenvalue weighted by Crippen LogP contribution is 2.34. The molecule has 1 aliphatic carbocycles. The van der Waals surface area contributed by atoms with Gasteiger partial charge >= 0.3 is 0 Å². The minimum Gasteiger partial charge on any atom is -0.314 e. The van der Waals surface area contributed by atoms with Crippen LogP contribution in [0.2, 0.25) is 0 Å². The van der Waals surface area contributed by atoms with Crippen molar-refractivity contribution >= 4 is 0 Å². The zero-order chi connectivity index (χ0) is 12.3. The largest absolute Gasteiger partial charge is 0.314 e. The van der Waals surface area contributed by atoms with Gasteiger partial charge in [0.2, 0.25) is 0 Å². The lowest BCUT2D eigenvalue weighted by Crippen LogP contribution is -2.33. The van der Waals surface area contributed by atoms with E-state index in [2.05, 4.69) is 44.3 Å². The van der Waals surface area contributed by atoms with E-state index in [0.29, 0.717) is 0 Å². The van der Waals surface area contributed by atoms with E-state index >= 15 is 0 Å². The maximum Gasteiger partial charge on any atom is 0.00727 e. The molecule has 1 nitrogen and oxygen atoms in total. The summed E-state index contributed by atoms with van der Waals surface area (Å²) in [6, 6.07) is 7.68. The van der Waals surface area contributed by atoms with Gasteiger partial charge in [-0.1, -0.05) is 37.1 Å². The molecule has 0 aromatic heterocycles. The summed E-state index contributed by atoms with van der Waals surface area (Å²) >= 11 is 0. The molecule has 0 aliphatic heterocycles. The predicted octanol–water partition coefficient (Wildman–Crippen LogP) is 3.94. The third kappa shape index (κ3) is 3.10. The molecule has 0 radical (unpaired) electrons. The van der Waals surface area contributed by atoms with Crippen molar-refractivity contribution in [1.29, 1.82) is 0 Å². The summed E-state index contributed by atoms with van der Waals surface area (Å²) in [5, 5.41) is 3.62. The van der Waals surface area contributed by atoms with Crippen LogP contribution in [0.5, 0.6) is 0 Å². The van der Waals surface area contributed by atoms with Crippen LogP contribution in [-0.4, -0.2) is 12.6 Å². The van der Waals surface area contributed by atoms with Crippen molar-refractivity contribution in [2.45, 2.75) is 58.4 Å². The van der Waals surface area contributed by atoms with Gasteiger partial charge in [-0.15, -0.1) is 0 Å². The van der Waals surface area contributed by atoms with Crippen molar-refractivity contribution in [3.63, 3.8) is 0 Å². The third-order valence-electron chi connectivity index (χ3n) is 4.03. The van der Waals surface area contributed by atoms with E-state index in [1.54, 1.807) is 5.56 Å². The lowest BCUT2D eigenvalue weighted by molar-refractivity contribution is 0.344. The molecule has 0 heterocycles. The monoisotopic (exact) mass is 231 g/mol. The molecule has 1 fully saturated rings. The van der Waals surface area contributed by atoms with Crippen LogP contribution in [0.1, 0.15) is 55.2 Å². The maximum atomic E-state index is 3.62. The van der Waals surface area contributed by atoms with Crippen LogP contribution in [-0.2, 0) is 0 Å². The van der Waals surface area contributed by atoms with Gasteiger partial charge in [0.1, 0.15) is 0 Å². The fourth-order valence-electron chi connectivity index (χ4n) is 3.23. The molecule has 0 spiro atoms. The van der Waals surface area contributed by atoms with Crippen LogP contribution in [0, 0.1) is 13.8 Å². The highest BCUT2D eigenvalue weighted by molar-refractivity contribution is 5.33. The molecule has 2 atom stereocenters. The first kappa shape index (κ1) is 12.6. The minimum atomic E-state index is 0.736. The summed E-state index contributed by atoms with van der Waals surface area (Å²) in [6.45, 7) is 7.75. The molecule has 1 N–H and O–H groups in total. The standard InChI is InChI=1S/C16H25N/c1-4-17-15-7-5-6-14(11-15)16-9-8-12(2)10-13(16)3/h8-10,14-15,17H,4-7,11H2,1-3H3. The lowest BCUT2D eigenvalue weighted by atomic mass is 9.79. The normalized spacial score (nSPS) is 24.9. The lowest BCUT2D eigenvalue weighted by Gasteiger charge is -2.31. The first-order chi connectivity index (χ1) is 8.20. The van der Waals surface area contributed by atoms with Crippen LogP contribution in [0.15, 0.2) is 18.2 Å². The molecule has 2 rings (SSSR count). The van der Waals surface area contributed by atoms with Gasteiger partial charge < -0.3 is 5.32 Å². The zero-order valence-corrected chi connectivity index (χ0v) is 11.4. The van der Waals surface area contributed by atoms with Crippen molar-refractivity contribution in [2.75, 3.05) is 6.54 Å². The van der Waals surface area contributed by atoms with Gasteiger partial charge in [0.05, 0.1) is 0 Å². The molecule has 1 heteroatoms. The Morgan fingerprint density at radius 1 is 1.24 bits per heavy atom. The number of benzene rings is 1. The van der Waals surface area contributed by atoms with Crippen LogP contribution in [0.4, 0.5) is 0 Å². The molecule has 0 bridgehead atoms. The number of rotatable bonds is 3. The van der Waals surface area contributed by atoms with Crippen molar-refractivity contribution in [2.24, 2.45) is 0 Å². The Balaban J connectivity index is 2.10. The van der Waals surface area contributed by atoms with Gasteiger partial charge in [-0.05, 0) is 56.7 Å². The van der Waals surface area contributed by atoms with Gasteiger partial charge in [-0.3, -0.25) is 0 Å². The van der Waals surface area contributed by atoms with Gasteiger partial charge in [0.25, 0.3) is 0 Å². The number of hydrogen-bond donors (Lipinski definition) is 1. The SMILES string of the molecule is CCNC1CCCC(c2ccc(C)cc2C)C1. The Labute approximate surface area is 106 Å². The van der Waals surface area contributed by atoms with E-state index in [0.717, 1.165) is 18.5 Å². The molecule has 1 saturated carbocycles. The second-order valence-corrected chi connectivity index (χ2v) is 5.48. The average Bonchev–Trinajstić information content (AvgIpc) is 2.29. The van der Waals surface area contributed by atoms with Crippen LogP contribution in [0.3, 0.4) is 0 Å². The molecule has 94 valence electrons. The zero-order valence-electron chi connectivity index (χ0n) is 11.4. The molecule has 1 aromatic carbocycles. The Kier molecular flexibility index (Phi) is 4.22. The highest BCUT2D eigenvalue weighted by Gasteiger charge is 2.23. The molecule has 0 amide bonds. The van der Waals surface area contributed by atoms with Crippen molar-refractivity contribution in [3.8, 4) is 0 Å². The van der Waals surface area contributed by atoms with E-state index in [1.807, 2.05) is 0 Å². The topological polar surface area (TPSA) is 12.0 Å². The Morgan fingerprint density at radius 3 is 2.76 bits per heavy atom. The second-order valence-electron chi connectivity index (χ2n) is 5.48. The second kappa shape index (κ2) is 5.68. The predicted molar refractivity (Wildman–Crippen MR) is 74.6 cm³/mol. The average molecular weight is 231 g/mol. The van der Waals surface area contributed by atoms with Crippen molar-refractivity contribution in [3.05, 3.63) is 34.9 Å². The van der Waals surface area contributed by atoms with Gasteiger partial charge in [0, 0.05) is 6.04 Å². The highest BCUT2D eigenvalue weighted by atomic mass is 14.9. The fourth-order valence-corrected chi connectivity index (χ4v) is 3.23. The Morgan fingerprint density at radius 2 is 2.06 bits per heavy atom. The minimum absolute atomic E-state index is 0.736. The van der Waals surface area contributed by atoms with E-state index in [4.69, 9.17) is 0 Å². The molecule has 17 heavy (non-hydrogen) atoms. The number of hydrogen-bond acceptors (Lipinski definition) is 1. The number of aryl methyl sites for hydroxylation is 2. The summed E-state index contributed by atoms with van der Waals surface area (Å²) < 4.78 is 0. The van der Waals surface area contributed by atoms with Gasteiger partial charge in [-0.2, -0.15) is 0 Å². The van der Waals surface area contributed by atoms with Crippen molar-refractivity contribution < 1.29 is 0 Å². The van der Waals surface area contributed by atoms with Crippen LogP contribution in [0.25, 0.3) is 0 Å². The van der Waals surface area contributed by atoms with E-state index < -0.39 is 0 Å².